The molecule has 3 aromatic carbocycles. The van der Waals surface area contributed by atoms with E-state index in [1.165, 1.54) is 11.1 Å². The van der Waals surface area contributed by atoms with Gasteiger partial charge in [0.1, 0.15) is 25.3 Å². The van der Waals surface area contributed by atoms with Crippen molar-refractivity contribution in [2.75, 3.05) is 13.2 Å². The van der Waals surface area contributed by atoms with Gasteiger partial charge in [-0.2, -0.15) is 0 Å². The fourth-order valence-electron chi connectivity index (χ4n) is 4.65. The van der Waals surface area contributed by atoms with Crippen LogP contribution in [-0.4, -0.2) is 30.0 Å². The molecule has 0 amide bonds. The Morgan fingerprint density at radius 2 is 1.11 bits per heavy atom. The first-order valence-electron chi connectivity index (χ1n) is 12.0. The largest absolute Gasteiger partial charge is 0.475 e. The van der Waals surface area contributed by atoms with Crippen LogP contribution in [0.4, 0.5) is 0 Å². The third kappa shape index (κ3) is 4.26. The van der Waals surface area contributed by atoms with Gasteiger partial charge < -0.3 is 14.5 Å². The number of hydrogen-bond acceptors (Lipinski definition) is 4. The molecule has 5 nitrogen and oxygen atoms in total. The first-order chi connectivity index (χ1) is 17.1. The van der Waals surface area contributed by atoms with Crippen LogP contribution in [0.2, 0.25) is 0 Å². The Bertz CT molecular complexity index is 1450. The lowest BCUT2D eigenvalue weighted by molar-refractivity contribution is 0.323. The Morgan fingerprint density at radius 1 is 0.686 bits per heavy atom. The van der Waals surface area contributed by atoms with Gasteiger partial charge in [-0.25, -0.2) is 9.98 Å². The number of nitrogens with zero attached hydrogens (tertiary/aromatic N) is 2. The Kier molecular flexibility index (Phi) is 5.45. The van der Waals surface area contributed by atoms with Crippen molar-refractivity contribution in [1.82, 2.24) is 4.98 Å². The number of aromatic amines is 1. The molecule has 174 valence electrons. The average Bonchev–Trinajstić information content (AvgIpc) is 3.62. The summed E-state index contributed by atoms with van der Waals surface area (Å²) in [5.41, 5.74) is 4.81. The molecular formula is C30H27N3O2. The van der Waals surface area contributed by atoms with Gasteiger partial charge >= 0.3 is 0 Å². The van der Waals surface area contributed by atoms with E-state index in [1.807, 2.05) is 48.6 Å². The summed E-state index contributed by atoms with van der Waals surface area (Å²) in [6, 6.07) is 25.0. The maximum absolute atomic E-state index is 5.95. The summed E-state index contributed by atoms with van der Waals surface area (Å²) < 4.78 is 11.9. The van der Waals surface area contributed by atoms with E-state index in [9.17, 15) is 0 Å². The van der Waals surface area contributed by atoms with Gasteiger partial charge in [0, 0.05) is 22.9 Å². The highest BCUT2D eigenvalue weighted by molar-refractivity contribution is 6.09. The molecule has 0 saturated carbocycles. The predicted molar refractivity (Wildman–Crippen MR) is 141 cm³/mol. The van der Waals surface area contributed by atoms with E-state index in [2.05, 4.69) is 55.2 Å². The van der Waals surface area contributed by atoms with Crippen LogP contribution >= 0.6 is 0 Å². The number of aryl methyl sites for hydroxylation is 2. The summed E-state index contributed by atoms with van der Waals surface area (Å²) in [5.74, 6) is 1.29. The van der Waals surface area contributed by atoms with Crippen LogP contribution in [0.5, 0.6) is 0 Å². The number of aromatic nitrogens is 1. The number of H-pyrrole nitrogens is 1. The molecule has 2 atom stereocenters. The summed E-state index contributed by atoms with van der Waals surface area (Å²) in [5, 5.41) is 4.21. The molecule has 0 spiro atoms. The molecule has 6 rings (SSSR count). The van der Waals surface area contributed by atoms with Crippen LogP contribution < -0.4 is 10.7 Å². The second-order valence-corrected chi connectivity index (χ2v) is 9.13. The maximum atomic E-state index is 5.95. The first-order valence-corrected chi connectivity index (χ1v) is 12.0. The molecule has 0 aliphatic carbocycles. The van der Waals surface area contributed by atoms with Gasteiger partial charge in [0.25, 0.3) is 0 Å². The van der Waals surface area contributed by atoms with E-state index in [1.54, 1.807) is 0 Å². The SMILES string of the molecule is Cc1cc2/c(=C/C3=N[C@H](c4ccccc4)CO3)[nH]/c(=C\C3=N[C@H](c4ccccc4)CO3)c2cc1C. The second-order valence-electron chi connectivity index (χ2n) is 9.13. The van der Waals surface area contributed by atoms with E-state index in [0.717, 1.165) is 32.6 Å². The maximum Gasteiger partial charge on any atom is 0.211 e. The van der Waals surface area contributed by atoms with Crippen LogP contribution in [0.3, 0.4) is 0 Å². The fourth-order valence-corrected chi connectivity index (χ4v) is 4.65. The van der Waals surface area contributed by atoms with E-state index in [4.69, 9.17) is 19.5 Å². The molecule has 0 radical (unpaired) electrons. The molecule has 0 fully saturated rings. The van der Waals surface area contributed by atoms with Crippen LogP contribution in [0, 0.1) is 13.8 Å². The summed E-state index contributed by atoms with van der Waals surface area (Å²) in [6.07, 6.45) is 4.00. The minimum absolute atomic E-state index is 0.0230. The summed E-state index contributed by atoms with van der Waals surface area (Å²) >= 11 is 0. The molecule has 0 bridgehead atoms. The Balaban J connectivity index is 1.41. The Hall–Kier alpha value is -4.12. The smallest absolute Gasteiger partial charge is 0.211 e. The Morgan fingerprint density at radius 3 is 1.54 bits per heavy atom. The van der Waals surface area contributed by atoms with Crippen molar-refractivity contribution in [2.24, 2.45) is 9.98 Å². The van der Waals surface area contributed by atoms with Gasteiger partial charge in [0.05, 0.1) is 10.7 Å². The zero-order valence-corrected chi connectivity index (χ0v) is 19.9. The van der Waals surface area contributed by atoms with Crippen molar-refractivity contribution < 1.29 is 9.47 Å². The summed E-state index contributed by atoms with van der Waals surface area (Å²) in [6.45, 7) is 5.38. The molecule has 3 heterocycles. The second kappa shape index (κ2) is 8.91. The summed E-state index contributed by atoms with van der Waals surface area (Å²) in [4.78, 5) is 13.2. The van der Waals surface area contributed by atoms with Crippen LogP contribution in [0.1, 0.15) is 34.3 Å². The van der Waals surface area contributed by atoms with Crippen molar-refractivity contribution in [3.05, 3.63) is 106 Å². The van der Waals surface area contributed by atoms with Crippen molar-refractivity contribution >= 4 is 34.7 Å². The van der Waals surface area contributed by atoms with Gasteiger partial charge in [0.15, 0.2) is 0 Å². The number of fused-ring (bicyclic) bond motifs is 1. The van der Waals surface area contributed by atoms with Gasteiger partial charge in [0.2, 0.25) is 11.8 Å². The molecule has 2 aliphatic rings. The highest BCUT2D eigenvalue weighted by Crippen LogP contribution is 2.24. The van der Waals surface area contributed by atoms with E-state index in [-0.39, 0.29) is 12.1 Å². The summed E-state index contributed by atoms with van der Waals surface area (Å²) in [7, 11) is 0. The number of ether oxygens (including phenoxy) is 2. The van der Waals surface area contributed by atoms with Crippen LogP contribution in [0.15, 0.2) is 82.8 Å². The molecule has 5 heteroatoms. The molecule has 2 aliphatic heterocycles. The van der Waals surface area contributed by atoms with Crippen LogP contribution in [-0.2, 0) is 9.47 Å². The zero-order valence-electron chi connectivity index (χ0n) is 19.9. The third-order valence-electron chi connectivity index (χ3n) is 6.73. The highest BCUT2D eigenvalue weighted by atomic mass is 16.5. The van der Waals surface area contributed by atoms with Crippen molar-refractivity contribution in [3.8, 4) is 0 Å². The number of rotatable bonds is 4. The minimum atomic E-state index is 0.0230. The number of hydrogen-bond donors (Lipinski definition) is 1. The van der Waals surface area contributed by atoms with E-state index < -0.39 is 0 Å². The lowest BCUT2D eigenvalue weighted by atomic mass is 10.0. The molecule has 1 aromatic heterocycles. The van der Waals surface area contributed by atoms with Crippen molar-refractivity contribution in [1.29, 1.82) is 0 Å². The van der Waals surface area contributed by atoms with Gasteiger partial charge in [-0.3, -0.25) is 0 Å². The minimum Gasteiger partial charge on any atom is -0.475 e. The molecule has 35 heavy (non-hydrogen) atoms. The van der Waals surface area contributed by atoms with Gasteiger partial charge in [-0.05, 0) is 48.2 Å². The van der Waals surface area contributed by atoms with Crippen molar-refractivity contribution in [2.45, 2.75) is 25.9 Å². The lowest BCUT2D eigenvalue weighted by Gasteiger charge is -2.03. The normalized spacial score (nSPS) is 20.6. The van der Waals surface area contributed by atoms with Gasteiger partial charge in [-0.1, -0.05) is 60.7 Å². The Labute approximate surface area is 204 Å². The fraction of sp³-hybridized carbons (Fsp3) is 0.200. The molecule has 0 unspecified atom stereocenters. The van der Waals surface area contributed by atoms with E-state index >= 15 is 0 Å². The first kappa shape index (κ1) is 21.4. The molecule has 4 aromatic rings. The number of aliphatic imine (C=N–C) groups is 2. The molecular weight excluding hydrogens is 434 g/mol. The standard InChI is InChI=1S/C30H27N3O2/c1-19-13-23-24(14-20(19)2)26(16-30-33-28(18-35-30)22-11-7-4-8-12-22)31-25(23)15-29-32-27(17-34-29)21-9-5-3-6-10-21/h3-16,27-28,31H,17-18H2,1-2H3/b25-15-,26-16-/t27-,28-/m0/s1. The van der Waals surface area contributed by atoms with E-state index in [0.29, 0.717) is 25.0 Å². The monoisotopic (exact) mass is 461 g/mol. The molecule has 0 saturated heterocycles. The van der Waals surface area contributed by atoms with Gasteiger partial charge in [-0.15, -0.1) is 0 Å². The topological polar surface area (TPSA) is 59.0 Å². The lowest BCUT2D eigenvalue weighted by Crippen LogP contribution is -2.14. The number of benzene rings is 3. The van der Waals surface area contributed by atoms with Crippen LogP contribution in [0.25, 0.3) is 22.9 Å². The predicted octanol–water partition coefficient (Wildman–Crippen LogP) is 4.69. The quantitative estimate of drug-likeness (QED) is 0.480. The van der Waals surface area contributed by atoms with Crippen molar-refractivity contribution in [3.63, 3.8) is 0 Å². The zero-order chi connectivity index (χ0) is 23.8. The third-order valence-corrected chi connectivity index (χ3v) is 6.73. The highest BCUT2D eigenvalue weighted by Gasteiger charge is 2.21. The number of nitrogens with one attached hydrogen (secondary N) is 1. The molecule has 1 N–H and O–H groups in total. The average molecular weight is 462 g/mol.